The smallest absolute Gasteiger partial charge is 0.312 e. The van der Waals surface area contributed by atoms with Gasteiger partial charge in [0.2, 0.25) is 0 Å². The van der Waals surface area contributed by atoms with Gasteiger partial charge in [-0.25, -0.2) is 0 Å². The molecule has 0 bridgehead atoms. The first-order valence-corrected chi connectivity index (χ1v) is 10.2. The van der Waals surface area contributed by atoms with E-state index in [1.807, 2.05) is 6.92 Å². The summed E-state index contributed by atoms with van der Waals surface area (Å²) in [6, 6.07) is 8.64. The fourth-order valence-electron chi connectivity index (χ4n) is 5.00. The largest absolute Gasteiger partial charge is 0.469 e. The average molecular weight is 396 g/mol. The number of carbonyl (C=O) groups excluding carboxylic acids is 2. The third-order valence-electron chi connectivity index (χ3n) is 6.44. The Morgan fingerprint density at radius 1 is 1.34 bits per heavy atom. The van der Waals surface area contributed by atoms with E-state index < -0.39 is 5.92 Å². The minimum atomic E-state index is -0.494. The molecule has 0 amide bonds. The van der Waals surface area contributed by atoms with Crippen molar-refractivity contribution in [1.82, 2.24) is 9.88 Å². The van der Waals surface area contributed by atoms with Gasteiger partial charge in [0.25, 0.3) is 0 Å². The molecule has 1 aromatic carbocycles. The highest BCUT2D eigenvalue weighted by Gasteiger charge is 2.42. The van der Waals surface area contributed by atoms with Crippen LogP contribution < -0.4 is 0 Å². The molecular formula is C23H28N2O4. The van der Waals surface area contributed by atoms with Crippen LogP contribution in [0.25, 0.3) is 10.9 Å². The Labute approximate surface area is 170 Å². The monoisotopic (exact) mass is 396 g/mol. The third-order valence-corrected chi connectivity index (χ3v) is 6.44. The summed E-state index contributed by atoms with van der Waals surface area (Å²) in [4.78, 5) is 30.1. The number of hydrogen-bond donors (Lipinski definition) is 1. The van der Waals surface area contributed by atoms with E-state index in [9.17, 15) is 9.59 Å². The van der Waals surface area contributed by atoms with Crippen LogP contribution in [0.4, 0.5) is 0 Å². The number of aromatic amines is 1. The summed E-state index contributed by atoms with van der Waals surface area (Å²) in [7, 11) is 1.39. The van der Waals surface area contributed by atoms with Crippen LogP contribution in [-0.2, 0) is 25.5 Å². The summed E-state index contributed by atoms with van der Waals surface area (Å²) in [6.07, 6.45) is 3.91. The zero-order valence-electron chi connectivity index (χ0n) is 17.2. The summed E-state index contributed by atoms with van der Waals surface area (Å²) in [5.74, 6) is -1.22. The van der Waals surface area contributed by atoms with Gasteiger partial charge in [0, 0.05) is 36.6 Å². The topological polar surface area (TPSA) is 71.6 Å². The predicted molar refractivity (Wildman–Crippen MR) is 110 cm³/mol. The summed E-state index contributed by atoms with van der Waals surface area (Å²) in [5, 5.41) is 1.29. The number of rotatable bonds is 4. The van der Waals surface area contributed by atoms with Gasteiger partial charge in [-0.05, 0) is 37.3 Å². The summed E-state index contributed by atoms with van der Waals surface area (Å²) in [6.45, 7) is 5.24. The molecule has 1 aromatic heterocycles. The van der Waals surface area contributed by atoms with Gasteiger partial charge in [-0.1, -0.05) is 29.8 Å². The second-order valence-corrected chi connectivity index (χ2v) is 7.94. The molecule has 2 aliphatic rings. The molecule has 29 heavy (non-hydrogen) atoms. The first kappa shape index (κ1) is 19.7. The molecule has 0 radical (unpaired) electrons. The third kappa shape index (κ3) is 3.57. The van der Waals surface area contributed by atoms with Crippen LogP contribution in [0.2, 0.25) is 0 Å². The van der Waals surface area contributed by atoms with Gasteiger partial charge >= 0.3 is 11.9 Å². The average Bonchev–Trinajstić information content (AvgIpc) is 3.12. The molecule has 3 unspecified atom stereocenters. The molecule has 1 N–H and O–H groups in total. The number of fused-ring (bicyclic) bond motifs is 5. The van der Waals surface area contributed by atoms with Gasteiger partial charge in [-0.15, -0.1) is 0 Å². The fraction of sp³-hybridized carbons (Fsp3) is 0.478. The number of ether oxygens (including phenoxy) is 2. The number of esters is 2. The molecule has 0 aliphatic carbocycles. The van der Waals surface area contributed by atoms with Crippen LogP contribution in [0.15, 0.2) is 35.9 Å². The normalized spacial score (nSPS) is 24.0. The summed E-state index contributed by atoms with van der Waals surface area (Å²) in [5.41, 5.74) is 5.02. The van der Waals surface area contributed by atoms with Crippen LogP contribution in [0.1, 0.15) is 37.6 Å². The molecule has 1 fully saturated rings. The lowest BCUT2D eigenvalue weighted by atomic mass is 9.75. The minimum Gasteiger partial charge on any atom is -0.469 e. The number of benzene rings is 1. The van der Waals surface area contributed by atoms with Gasteiger partial charge in [-0.3, -0.25) is 14.5 Å². The van der Waals surface area contributed by atoms with Crippen molar-refractivity contribution in [2.24, 2.45) is 11.8 Å². The van der Waals surface area contributed by atoms with Crippen LogP contribution in [0, 0.1) is 11.8 Å². The SMILES string of the molecule is CC=C1CN2CCc3c([nH]c4ccccc34)C2CC1C(COC(C)=O)C(=O)OC. The summed E-state index contributed by atoms with van der Waals surface area (Å²) < 4.78 is 10.3. The molecule has 3 heterocycles. The van der Waals surface area contributed by atoms with Gasteiger partial charge < -0.3 is 14.5 Å². The number of nitrogens with one attached hydrogen (secondary N) is 1. The highest BCUT2D eigenvalue weighted by Crippen LogP contribution is 2.45. The minimum absolute atomic E-state index is 0.0228. The van der Waals surface area contributed by atoms with Crippen molar-refractivity contribution < 1.29 is 19.1 Å². The van der Waals surface area contributed by atoms with E-state index in [0.29, 0.717) is 0 Å². The first-order valence-electron chi connectivity index (χ1n) is 10.2. The maximum Gasteiger partial charge on any atom is 0.312 e. The molecule has 6 heteroatoms. The Morgan fingerprint density at radius 3 is 2.86 bits per heavy atom. The van der Waals surface area contributed by atoms with Crippen molar-refractivity contribution in [3.8, 4) is 0 Å². The number of carbonyl (C=O) groups is 2. The van der Waals surface area contributed by atoms with E-state index in [4.69, 9.17) is 9.47 Å². The predicted octanol–water partition coefficient (Wildman–Crippen LogP) is 3.39. The number of methoxy groups -OCH3 is 1. The molecule has 0 spiro atoms. The number of H-pyrrole nitrogens is 1. The molecule has 1 saturated heterocycles. The van der Waals surface area contributed by atoms with Crippen LogP contribution in [0.5, 0.6) is 0 Å². The standard InChI is InChI=1S/C23H28N2O4/c1-4-15-12-25-10-9-17-16-7-5-6-8-20(16)24-22(17)21(25)11-18(15)19(23(27)28-3)13-29-14(2)26/h4-8,18-19,21,24H,9-13H2,1-3H3. The van der Waals surface area contributed by atoms with Gasteiger partial charge in [0.05, 0.1) is 19.1 Å². The molecule has 0 saturated carbocycles. The number of nitrogens with zero attached hydrogens (tertiary/aromatic N) is 1. The lowest BCUT2D eigenvalue weighted by Gasteiger charge is -2.45. The second kappa shape index (κ2) is 8.03. The van der Waals surface area contributed by atoms with Crippen molar-refractivity contribution in [2.75, 3.05) is 26.8 Å². The Morgan fingerprint density at radius 2 is 2.14 bits per heavy atom. The maximum atomic E-state index is 12.6. The van der Waals surface area contributed by atoms with Crippen LogP contribution >= 0.6 is 0 Å². The van der Waals surface area contributed by atoms with Crippen molar-refractivity contribution in [1.29, 1.82) is 0 Å². The Balaban J connectivity index is 1.69. The van der Waals surface area contributed by atoms with E-state index in [2.05, 4.69) is 40.2 Å². The van der Waals surface area contributed by atoms with E-state index in [0.717, 1.165) is 31.4 Å². The van der Waals surface area contributed by atoms with Gasteiger partial charge in [-0.2, -0.15) is 0 Å². The number of hydrogen-bond acceptors (Lipinski definition) is 5. The lowest BCUT2D eigenvalue weighted by Crippen LogP contribution is -2.46. The van der Waals surface area contributed by atoms with Crippen molar-refractivity contribution in [2.45, 2.75) is 32.7 Å². The van der Waals surface area contributed by atoms with Crippen molar-refractivity contribution in [3.05, 3.63) is 47.2 Å². The quantitative estimate of drug-likeness (QED) is 0.634. The Hall–Kier alpha value is -2.60. The Kier molecular flexibility index (Phi) is 5.46. The zero-order valence-corrected chi connectivity index (χ0v) is 17.2. The zero-order chi connectivity index (χ0) is 20.5. The van der Waals surface area contributed by atoms with Gasteiger partial charge in [0.1, 0.15) is 6.61 Å². The van der Waals surface area contributed by atoms with E-state index in [-0.39, 0.29) is 30.5 Å². The van der Waals surface area contributed by atoms with E-state index in [1.54, 1.807) is 0 Å². The molecule has 2 aromatic rings. The first-order chi connectivity index (χ1) is 14.0. The van der Waals surface area contributed by atoms with Crippen LogP contribution in [-0.4, -0.2) is 48.6 Å². The fourth-order valence-corrected chi connectivity index (χ4v) is 5.00. The summed E-state index contributed by atoms with van der Waals surface area (Å²) >= 11 is 0. The molecule has 3 atom stereocenters. The molecule has 6 nitrogen and oxygen atoms in total. The molecular weight excluding hydrogens is 368 g/mol. The molecule has 154 valence electrons. The lowest BCUT2D eigenvalue weighted by molar-refractivity contribution is -0.154. The number of allylic oxidation sites excluding steroid dienone is 1. The van der Waals surface area contributed by atoms with E-state index in [1.165, 1.54) is 36.3 Å². The highest BCUT2D eigenvalue weighted by molar-refractivity contribution is 5.85. The highest BCUT2D eigenvalue weighted by atomic mass is 16.5. The number of aromatic nitrogens is 1. The van der Waals surface area contributed by atoms with Gasteiger partial charge in [0.15, 0.2) is 0 Å². The maximum absolute atomic E-state index is 12.6. The molecule has 2 aliphatic heterocycles. The van der Waals surface area contributed by atoms with Crippen LogP contribution in [0.3, 0.4) is 0 Å². The number of para-hydroxylation sites is 1. The van der Waals surface area contributed by atoms with Crippen molar-refractivity contribution >= 4 is 22.8 Å². The van der Waals surface area contributed by atoms with E-state index >= 15 is 0 Å². The molecule has 4 rings (SSSR count). The number of piperidine rings is 1. The van der Waals surface area contributed by atoms with Crippen molar-refractivity contribution in [3.63, 3.8) is 0 Å². The second-order valence-electron chi connectivity index (χ2n) is 7.94. The Bertz CT molecular complexity index is 961.